The number of hydrogen-bond acceptors (Lipinski definition) is 3. The molecule has 0 amide bonds. The quantitative estimate of drug-likeness (QED) is 0.937. The van der Waals surface area contributed by atoms with Crippen molar-refractivity contribution in [1.82, 2.24) is 14.9 Å². The Morgan fingerprint density at radius 3 is 3.11 bits per heavy atom. The maximum atomic E-state index is 6.30. The summed E-state index contributed by atoms with van der Waals surface area (Å²) in [4.78, 5) is 4.26. The number of aromatic nitrogens is 2. The summed E-state index contributed by atoms with van der Waals surface area (Å²) in [6, 6.07) is 5.99. The van der Waals surface area contributed by atoms with E-state index in [1.54, 1.807) is 13.4 Å². The van der Waals surface area contributed by atoms with Crippen LogP contribution >= 0.6 is 11.6 Å². The molecule has 1 N–H and O–H groups in total. The zero-order chi connectivity index (χ0) is 13.2. The molecule has 1 fully saturated rings. The fourth-order valence-electron chi connectivity index (χ4n) is 2.51. The number of ether oxygens (including phenoxy) is 1. The lowest BCUT2D eigenvalue weighted by atomic mass is 10.1. The fourth-order valence-corrected chi connectivity index (χ4v) is 2.71. The smallest absolute Gasteiger partial charge is 0.121 e. The molecule has 4 nitrogen and oxygen atoms in total. The highest BCUT2D eigenvalue weighted by Crippen LogP contribution is 2.30. The first-order valence-corrected chi connectivity index (χ1v) is 6.77. The van der Waals surface area contributed by atoms with Crippen molar-refractivity contribution in [3.8, 4) is 11.4 Å². The van der Waals surface area contributed by atoms with E-state index in [4.69, 9.17) is 16.3 Å². The van der Waals surface area contributed by atoms with E-state index in [-0.39, 0.29) is 0 Å². The van der Waals surface area contributed by atoms with Crippen LogP contribution in [0, 0.1) is 0 Å². The molecule has 19 heavy (non-hydrogen) atoms. The van der Waals surface area contributed by atoms with Gasteiger partial charge in [-0.3, -0.25) is 0 Å². The second-order valence-electron chi connectivity index (χ2n) is 4.65. The third kappa shape index (κ3) is 2.33. The van der Waals surface area contributed by atoms with E-state index >= 15 is 0 Å². The van der Waals surface area contributed by atoms with Gasteiger partial charge in [0.25, 0.3) is 0 Å². The molecule has 0 bridgehead atoms. The van der Waals surface area contributed by atoms with Crippen LogP contribution in [0.15, 0.2) is 30.7 Å². The number of rotatable bonds is 3. The summed E-state index contributed by atoms with van der Waals surface area (Å²) in [5.41, 5.74) is 2.05. The summed E-state index contributed by atoms with van der Waals surface area (Å²) in [7, 11) is 1.65. The minimum absolute atomic E-state index is 0.352. The van der Waals surface area contributed by atoms with Crippen molar-refractivity contribution in [2.24, 2.45) is 0 Å². The molecular formula is C14H16ClN3O. The minimum Gasteiger partial charge on any atom is -0.497 e. The van der Waals surface area contributed by atoms with Crippen molar-refractivity contribution in [3.05, 3.63) is 41.4 Å². The molecule has 3 rings (SSSR count). The van der Waals surface area contributed by atoms with Crippen molar-refractivity contribution >= 4 is 11.6 Å². The molecule has 5 heteroatoms. The fraction of sp³-hybridized carbons (Fsp3) is 0.357. The second kappa shape index (κ2) is 5.23. The number of nitrogens with one attached hydrogen (secondary N) is 1. The SMILES string of the molecule is COc1ccc(Cl)c(-n2cncc2[C@@H]2CCCN2)c1. The molecule has 2 aromatic rings. The van der Waals surface area contributed by atoms with Gasteiger partial charge in [0.15, 0.2) is 0 Å². The molecule has 1 aliphatic rings. The van der Waals surface area contributed by atoms with Gasteiger partial charge in [0.05, 0.1) is 36.0 Å². The zero-order valence-electron chi connectivity index (χ0n) is 10.8. The van der Waals surface area contributed by atoms with Crippen LogP contribution in [0.1, 0.15) is 24.6 Å². The minimum atomic E-state index is 0.352. The molecule has 1 aromatic heterocycles. The van der Waals surface area contributed by atoms with Crippen LogP contribution in [-0.4, -0.2) is 23.2 Å². The lowest BCUT2D eigenvalue weighted by molar-refractivity contribution is 0.414. The first kappa shape index (κ1) is 12.5. The number of halogens is 1. The Kier molecular flexibility index (Phi) is 3.44. The number of benzene rings is 1. The van der Waals surface area contributed by atoms with E-state index in [9.17, 15) is 0 Å². The van der Waals surface area contributed by atoms with E-state index < -0.39 is 0 Å². The molecule has 2 heterocycles. The van der Waals surface area contributed by atoms with E-state index in [1.807, 2.05) is 29.0 Å². The lowest BCUT2D eigenvalue weighted by Gasteiger charge is -2.15. The van der Waals surface area contributed by atoms with E-state index in [1.165, 1.54) is 6.42 Å². The Labute approximate surface area is 117 Å². The number of methoxy groups -OCH3 is 1. The molecule has 0 spiro atoms. The van der Waals surface area contributed by atoms with Crippen LogP contribution in [0.5, 0.6) is 5.75 Å². The molecule has 0 aliphatic carbocycles. The van der Waals surface area contributed by atoms with Gasteiger partial charge >= 0.3 is 0 Å². The molecule has 100 valence electrons. The summed E-state index contributed by atoms with van der Waals surface area (Å²) in [5, 5.41) is 4.17. The van der Waals surface area contributed by atoms with Gasteiger partial charge in [0, 0.05) is 12.1 Å². The van der Waals surface area contributed by atoms with Gasteiger partial charge in [-0.2, -0.15) is 0 Å². The normalized spacial score (nSPS) is 18.7. The van der Waals surface area contributed by atoms with Gasteiger partial charge in [0.2, 0.25) is 0 Å². The van der Waals surface area contributed by atoms with Crippen LogP contribution in [-0.2, 0) is 0 Å². The predicted molar refractivity (Wildman–Crippen MR) is 75.1 cm³/mol. The maximum absolute atomic E-state index is 6.30. The van der Waals surface area contributed by atoms with Crippen molar-refractivity contribution in [3.63, 3.8) is 0 Å². The van der Waals surface area contributed by atoms with Crippen molar-refractivity contribution in [2.45, 2.75) is 18.9 Å². The number of hydrogen-bond donors (Lipinski definition) is 1. The topological polar surface area (TPSA) is 39.1 Å². The van der Waals surface area contributed by atoms with Gasteiger partial charge in [-0.05, 0) is 31.5 Å². The van der Waals surface area contributed by atoms with Crippen LogP contribution in [0.25, 0.3) is 5.69 Å². The maximum Gasteiger partial charge on any atom is 0.121 e. The third-order valence-corrected chi connectivity index (χ3v) is 3.82. The Balaban J connectivity index is 2.04. The van der Waals surface area contributed by atoms with Gasteiger partial charge < -0.3 is 14.6 Å². The highest BCUT2D eigenvalue weighted by atomic mass is 35.5. The lowest BCUT2D eigenvalue weighted by Crippen LogP contribution is -2.16. The Hall–Kier alpha value is -1.52. The van der Waals surface area contributed by atoms with Crippen LogP contribution in [0.2, 0.25) is 5.02 Å². The van der Waals surface area contributed by atoms with Gasteiger partial charge in [-0.15, -0.1) is 0 Å². The van der Waals surface area contributed by atoms with Crippen LogP contribution in [0.3, 0.4) is 0 Å². The first-order chi connectivity index (χ1) is 9.29. The first-order valence-electron chi connectivity index (χ1n) is 6.39. The summed E-state index contributed by atoms with van der Waals surface area (Å²) in [5.74, 6) is 0.790. The monoisotopic (exact) mass is 277 g/mol. The Morgan fingerprint density at radius 2 is 2.37 bits per heavy atom. The molecule has 0 unspecified atom stereocenters. The summed E-state index contributed by atoms with van der Waals surface area (Å²) >= 11 is 6.30. The summed E-state index contributed by atoms with van der Waals surface area (Å²) < 4.78 is 7.30. The number of imidazole rings is 1. The van der Waals surface area contributed by atoms with Crippen LogP contribution in [0.4, 0.5) is 0 Å². The van der Waals surface area contributed by atoms with Crippen LogP contribution < -0.4 is 10.1 Å². The molecule has 1 aliphatic heterocycles. The molecule has 0 saturated carbocycles. The largest absolute Gasteiger partial charge is 0.497 e. The summed E-state index contributed by atoms with van der Waals surface area (Å²) in [6.07, 6.45) is 6.03. The Morgan fingerprint density at radius 1 is 1.47 bits per heavy atom. The molecule has 1 aromatic carbocycles. The third-order valence-electron chi connectivity index (χ3n) is 3.50. The number of nitrogens with zero attached hydrogens (tertiary/aromatic N) is 2. The second-order valence-corrected chi connectivity index (χ2v) is 5.06. The summed E-state index contributed by atoms with van der Waals surface area (Å²) in [6.45, 7) is 1.06. The van der Waals surface area contributed by atoms with E-state index in [0.717, 1.165) is 30.1 Å². The van der Waals surface area contributed by atoms with Crippen molar-refractivity contribution < 1.29 is 4.74 Å². The molecular weight excluding hydrogens is 262 g/mol. The van der Waals surface area contributed by atoms with Gasteiger partial charge in [-0.25, -0.2) is 4.98 Å². The predicted octanol–water partition coefficient (Wildman–Crippen LogP) is 2.96. The van der Waals surface area contributed by atoms with Gasteiger partial charge in [-0.1, -0.05) is 11.6 Å². The van der Waals surface area contributed by atoms with E-state index in [0.29, 0.717) is 11.1 Å². The zero-order valence-corrected chi connectivity index (χ0v) is 11.5. The average molecular weight is 278 g/mol. The highest BCUT2D eigenvalue weighted by molar-refractivity contribution is 6.32. The molecule has 1 atom stereocenters. The highest BCUT2D eigenvalue weighted by Gasteiger charge is 2.21. The van der Waals surface area contributed by atoms with Gasteiger partial charge in [0.1, 0.15) is 5.75 Å². The molecule has 0 radical (unpaired) electrons. The van der Waals surface area contributed by atoms with Crippen molar-refractivity contribution in [1.29, 1.82) is 0 Å². The standard InChI is InChI=1S/C14H16ClN3O/c1-19-10-4-5-11(15)13(7-10)18-9-16-8-14(18)12-3-2-6-17-12/h4-5,7-9,12,17H,2-3,6H2,1H3/t12-/m0/s1. The average Bonchev–Trinajstić information content (AvgIpc) is 3.09. The van der Waals surface area contributed by atoms with E-state index in [2.05, 4.69) is 10.3 Å². The van der Waals surface area contributed by atoms with Crippen molar-refractivity contribution in [2.75, 3.05) is 13.7 Å². The Bertz CT molecular complexity index is 576. The molecule has 1 saturated heterocycles.